The number of carbonyl (C=O) groups is 5. The van der Waals surface area contributed by atoms with Gasteiger partial charge in [-0.3, -0.25) is 33.7 Å². The Hall–Kier alpha value is -6.06. The van der Waals surface area contributed by atoms with Gasteiger partial charge in [0.2, 0.25) is 27.7 Å². The lowest BCUT2D eigenvalue weighted by atomic mass is 9.89. The highest BCUT2D eigenvalue weighted by atomic mass is 35.5. The number of benzene rings is 3. The fourth-order valence-electron chi connectivity index (χ4n) is 9.88. The number of aromatic nitrogens is 2. The van der Waals surface area contributed by atoms with E-state index >= 15 is 0 Å². The van der Waals surface area contributed by atoms with Crippen molar-refractivity contribution in [2.45, 2.75) is 122 Å². The van der Waals surface area contributed by atoms with Gasteiger partial charge in [-0.2, -0.15) is 4.31 Å². The molecule has 3 aliphatic heterocycles. The summed E-state index contributed by atoms with van der Waals surface area (Å²) in [6.07, 6.45) is 1.44. The van der Waals surface area contributed by atoms with E-state index < -0.39 is 57.3 Å². The van der Waals surface area contributed by atoms with Crippen molar-refractivity contribution in [2.24, 2.45) is 7.05 Å². The first-order chi connectivity index (χ1) is 34.6. The van der Waals surface area contributed by atoms with Crippen molar-refractivity contribution < 1.29 is 46.6 Å². The molecule has 0 saturated carbocycles. The third kappa shape index (κ3) is 12.4. The minimum atomic E-state index is -3.80. The average molecular weight is 1070 g/mol. The van der Waals surface area contributed by atoms with Gasteiger partial charge in [-0.05, 0) is 128 Å². The Balaban J connectivity index is 0.854. The number of nitrogens with one attached hydrogen (secondary N) is 3. The average Bonchev–Trinajstić information content (AvgIpc) is 3.73. The summed E-state index contributed by atoms with van der Waals surface area (Å²) in [5, 5.41) is 9.00. The molecule has 0 spiro atoms. The van der Waals surface area contributed by atoms with Crippen LogP contribution >= 0.6 is 22.9 Å². The highest BCUT2D eigenvalue weighted by Crippen LogP contribution is 2.47. The standard InChI is InChI=1S/C53H64ClN7O11S2/c1-51(2,3)71-43(64)29-70-45-44(54)46(73-47(45)49(66)72-52(4,5)6)33-13-11-15-36(23-33)55-37-20-21-60(53(7,8)25-37)74(68,69)30-31-12-10-14-35(22-31)56-42(63)28-59-26-34(27-59)32-16-17-38-40(24-32)58(9)50(67)61(38)39-18-19-41(62)57-48(39)65/h10-17,22-24,34,37,39,55H,18-21,25-30H2,1-9H3,(H,56,63)(H,57,62,65)/t37-,39?/m0/s1. The molecule has 5 aromatic rings. The van der Waals surface area contributed by atoms with Crippen LogP contribution in [-0.4, -0.2) is 112 Å². The highest BCUT2D eigenvalue weighted by Gasteiger charge is 2.42. The molecule has 2 aromatic heterocycles. The number of anilines is 2. The van der Waals surface area contributed by atoms with Gasteiger partial charge >= 0.3 is 17.6 Å². The number of aryl methyl sites for hydroxylation is 1. The summed E-state index contributed by atoms with van der Waals surface area (Å²) >= 11 is 8.01. The van der Waals surface area contributed by atoms with Crippen LogP contribution in [0.3, 0.4) is 0 Å². The Morgan fingerprint density at radius 1 is 0.892 bits per heavy atom. The van der Waals surface area contributed by atoms with Crippen LogP contribution in [0.5, 0.6) is 5.75 Å². The van der Waals surface area contributed by atoms with Gasteiger partial charge in [0.25, 0.3) is 0 Å². The molecule has 0 aliphatic carbocycles. The normalized spacial score (nSPS) is 18.9. The number of sulfonamides is 1. The number of nitrogens with zero attached hydrogens (tertiary/aromatic N) is 4. The van der Waals surface area contributed by atoms with Crippen LogP contribution in [-0.2, 0) is 51.5 Å². The van der Waals surface area contributed by atoms with Crippen LogP contribution < -0.4 is 26.4 Å². The first kappa shape index (κ1) is 54.2. The zero-order valence-electron chi connectivity index (χ0n) is 43.1. The molecular weight excluding hydrogens is 1010 g/mol. The lowest BCUT2D eigenvalue weighted by Crippen LogP contribution is -2.55. The molecule has 0 radical (unpaired) electrons. The first-order valence-corrected chi connectivity index (χ1v) is 27.4. The van der Waals surface area contributed by atoms with Gasteiger partial charge in [-0.25, -0.2) is 22.8 Å². The number of ether oxygens (including phenoxy) is 3. The molecule has 1 unspecified atom stereocenters. The molecule has 5 heterocycles. The SMILES string of the molecule is Cn1c(=O)n(C2CCC(=O)NC2=O)c2ccc(C3CN(CC(=O)Nc4cccc(CS(=O)(=O)N5CC[C@H](Nc6cccc(-c7sc(C(=O)OC(C)(C)C)c(OCC(=O)OC(C)(C)C)c7Cl)c6)CC5(C)C)c4)C3)cc21. The van der Waals surface area contributed by atoms with Gasteiger partial charge < -0.3 is 24.8 Å². The predicted molar refractivity (Wildman–Crippen MR) is 284 cm³/mol. The van der Waals surface area contributed by atoms with E-state index in [0.29, 0.717) is 58.7 Å². The second-order valence-electron chi connectivity index (χ2n) is 21.9. The van der Waals surface area contributed by atoms with E-state index in [2.05, 4.69) is 16.0 Å². The van der Waals surface area contributed by atoms with Crippen LogP contribution in [0.2, 0.25) is 5.02 Å². The number of fused-ring (bicyclic) bond motifs is 1. The highest BCUT2D eigenvalue weighted by molar-refractivity contribution is 7.88. The monoisotopic (exact) mass is 1070 g/mol. The molecule has 396 valence electrons. The van der Waals surface area contributed by atoms with Crippen LogP contribution in [0.25, 0.3) is 21.5 Å². The molecule has 0 bridgehead atoms. The zero-order chi connectivity index (χ0) is 53.7. The summed E-state index contributed by atoms with van der Waals surface area (Å²) in [6, 6.07) is 19.3. The third-order valence-corrected chi connectivity index (χ3v) is 16.8. The Morgan fingerprint density at radius 3 is 2.28 bits per heavy atom. The Morgan fingerprint density at radius 2 is 1.59 bits per heavy atom. The van der Waals surface area contributed by atoms with E-state index in [9.17, 15) is 37.2 Å². The van der Waals surface area contributed by atoms with Crippen molar-refractivity contribution in [1.82, 2.24) is 23.7 Å². The van der Waals surface area contributed by atoms with E-state index in [1.807, 2.05) is 61.2 Å². The minimum Gasteiger partial charge on any atom is -0.479 e. The molecule has 74 heavy (non-hydrogen) atoms. The summed E-state index contributed by atoms with van der Waals surface area (Å²) in [5.41, 5.74) is 2.16. The maximum atomic E-state index is 14.1. The number of halogens is 1. The van der Waals surface area contributed by atoms with Crippen LogP contribution in [0, 0.1) is 0 Å². The topological polar surface area (TPSA) is 217 Å². The maximum absolute atomic E-state index is 14.1. The fourth-order valence-corrected chi connectivity index (χ4v) is 13.3. The lowest BCUT2D eigenvalue weighted by molar-refractivity contribution is -0.157. The minimum absolute atomic E-state index is 0.0293. The van der Waals surface area contributed by atoms with Crippen LogP contribution in [0.4, 0.5) is 11.4 Å². The first-order valence-electron chi connectivity index (χ1n) is 24.6. The van der Waals surface area contributed by atoms with Crippen molar-refractivity contribution in [3.05, 3.63) is 98.2 Å². The molecule has 3 aliphatic rings. The van der Waals surface area contributed by atoms with E-state index in [1.54, 1.807) is 77.2 Å². The number of hydrogen-bond donors (Lipinski definition) is 3. The lowest BCUT2D eigenvalue weighted by Gasteiger charge is -2.45. The van der Waals surface area contributed by atoms with E-state index in [0.717, 1.165) is 22.6 Å². The quantitative estimate of drug-likeness (QED) is 0.0681. The van der Waals surface area contributed by atoms with Crippen molar-refractivity contribution in [2.75, 3.05) is 43.4 Å². The molecule has 3 amide bonds. The molecule has 3 fully saturated rings. The number of piperidine rings is 2. The number of esters is 2. The zero-order valence-corrected chi connectivity index (χ0v) is 45.5. The van der Waals surface area contributed by atoms with E-state index in [4.69, 9.17) is 25.8 Å². The number of amides is 3. The van der Waals surface area contributed by atoms with Crippen LogP contribution in [0.1, 0.15) is 114 Å². The number of hydrogen-bond acceptors (Lipinski definition) is 14. The number of imidazole rings is 1. The summed E-state index contributed by atoms with van der Waals surface area (Å²) in [7, 11) is -2.14. The van der Waals surface area contributed by atoms with Crippen molar-refractivity contribution in [3.63, 3.8) is 0 Å². The van der Waals surface area contributed by atoms with Crippen molar-refractivity contribution >= 4 is 85.0 Å². The van der Waals surface area contributed by atoms with Gasteiger partial charge in [0.1, 0.15) is 22.3 Å². The number of imide groups is 1. The van der Waals surface area contributed by atoms with Crippen molar-refractivity contribution in [3.8, 4) is 16.2 Å². The van der Waals surface area contributed by atoms with E-state index in [-0.39, 0.29) is 76.8 Å². The van der Waals surface area contributed by atoms with Gasteiger partial charge in [0.15, 0.2) is 17.2 Å². The summed E-state index contributed by atoms with van der Waals surface area (Å²) in [4.78, 5) is 79.5. The largest absolute Gasteiger partial charge is 0.479 e. The summed E-state index contributed by atoms with van der Waals surface area (Å²) in [6.45, 7) is 15.5. The smallest absolute Gasteiger partial charge is 0.352 e. The Labute approximate surface area is 439 Å². The molecule has 18 nitrogen and oxygen atoms in total. The second-order valence-corrected chi connectivity index (χ2v) is 25.2. The Kier molecular flexibility index (Phi) is 15.3. The molecule has 3 N–H and O–H groups in total. The molecule has 2 atom stereocenters. The third-order valence-electron chi connectivity index (χ3n) is 13.1. The number of carbonyl (C=O) groups excluding carboxylic acids is 5. The van der Waals surface area contributed by atoms with Gasteiger partial charge in [-0.15, -0.1) is 11.3 Å². The molecule has 8 rings (SSSR count). The number of rotatable bonds is 15. The summed E-state index contributed by atoms with van der Waals surface area (Å²) in [5.74, 6) is -2.43. The summed E-state index contributed by atoms with van der Waals surface area (Å²) < 4.78 is 49.7. The molecule has 3 aromatic carbocycles. The fraction of sp³-hybridized carbons (Fsp3) is 0.472. The molecule has 3 saturated heterocycles. The number of likely N-dealkylation sites (tertiary alicyclic amines) is 1. The van der Waals surface area contributed by atoms with Crippen LogP contribution in [0.15, 0.2) is 71.5 Å². The predicted octanol–water partition coefficient (Wildman–Crippen LogP) is 7.60. The molecular formula is C53H64ClN7O11S2. The van der Waals surface area contributed by atoms with E-state index in [1.165, 1.54) is 9.13 Å². The van der Waals surface area contributed by atoms with Gasteiger partial charge in [0.05, 0.1) is 28.2 Å². The number of thiophene rings is 1. The van der Waals surface area contributed by atoms with Crippen molar-refractivity contribution in [1.29, 1.82) is 0 Å². The molecule has 21 heteroatoms. The second kappa shape index (κ2) is 20.9. The van der Waals surface area contributed by atoms with Gasteiger partial charge in [0, 0.05) is 62.0 Å². The van der Waals surface area contributed by atoms with Gasteiger partial charge in [-0.1, -0.05) is 41.9 Å². The Bertz CT molecular complexity index is 3200. The maximum Gasteiger partial charge on any atom is 0.352 e.